The van der Waals surface area contributed by atoms with E-state index in [1.54, 1.807) is 6.26 Å². The molecule has 1 fully saturated rings. The summed E-state index contributed by atoms with van der Waals surface area (Å²) >= 11 is 1.25. The van der Waals surface area contributed by atoms with Gasteiger partial charge in [-0.25, -0.2) is 4.39 Å². The van der Waals surface area contributed by atoms with Crippen LogP contribution in [-0.2, 0) is 5.60 Å². The Morgan fingerprint density at radius 1 is 1.29 bits per heavy atom. The second-order valence-corrected chi connectivity index (χ2v) is 4.85. The third kappa shape index (κ3) is 1.98. The van der Waals surface area contributed by atoms with Crippen LogP contribution in [0.15, 0.2) is 11.0 Å². The van der Waals surface area contributed by atoms with E-state index in [-0.39, 0.29) is 5.82 Å². The van der Waals surface area contributed by atoms with Crippen molar-refractivity contribution < 1.29 is 19.0 Å². The topological polar surface area (TPSA) is 38.7 Å². The molecule has 94 valence electrons. The van der Waals surface area contributed by atoms with E-state index in [4.69, 9.17) is 9.47 Å². The van der Waals surface area contributed by atoms with Crippen LogP contribution in [0.5, 0.6) is 11.5 Å². The van der Waals surface area contributed by atoms with Crippen molar-refractivity contribution in [1.82, 2.24) is 0 Å². The smallest absolute Gasteiger partial charge is 0.177 e. The van der Waals surface area contributed by atoms with E-state index >= 15 is 0 Å². The Balaban J connectivity index is 2.65. The second-order valence-electron chi connectivity index (χ2n) is 4.04. The normalized spacial score (nSPS) is 16.8. The number of hydrogen-bond acceptors (Lipinski definition) is 4. The average molecular weight is 258 g/mol. The highest BCUT2D eigenvalue weighted by molar-refractivity contribution is 7.98. The van der Waals surface area contributed by atoms with Crippen molar-refractivity contribution in [3.8, 4) is 11.5 Å². The largest absolute Gasteiger partial charge is 0.492 e. The third-order valence-corrected chi connectivity index (χ3v) is 3.77. The number of benzene rings is 1. The zero-order chi connectivity index (χ0) is 12.6. The minimum Gasteiger partial charge on any atom is -0.492 e. The maximum atomic E-state index is 13.9. The van der Waals surface area contributed by atoms with Crippen molar-refractivity contribution in [2.45, 2.75) is 23.3 Å². The molecule has 0 bridgehead atoms. The molecule has 0 aromatic heterocycles. The van der Waals surface area contributed by atoms with Gasteiger partial charge in [0.1, 0.15) is 5.82 Å². The van der Waals surface area contributed by atoms with Crippen LogP contribution in [0.1, 0.15) is 18.4 Å². The van der Waals surface area contributed by atoms with Crippen LogP contribution in [0.4, 0.5) is 4.39 Å². The standard InChI is InChI=1S/C12H15FO3S/c1-15-9-7(12(14)4-5-12)6-8(13)11(17-3)10(9)16-2/h6,14H,4-5H2,1-3H3. The Hall–Kier alpha value is -0.940. The Morgan fingerprint density at radius 3 is 2.29 bits per heavy atom. The molecule has 1 aromatic rings. The minimum absolute atomic E-state index is 0.357. The van der Waals surface area contributed by atoms with Gasteiger partial charge in [0.2, 0.25) is 0 Å². The molecule has 0 spiro atoms. The summed E-state index contributed by atoms with van der Waals surface area (Å²) in [6, 6.07) is 1.35. The van der Waals surface area contributed by atoms with Gasteiger partial charge >= 0.3 is 0 Å². The summed E-state index contributed by atoms with van der Waals surface area (Å²) in [6.07, 6.45) is 3.03. The molecule has 0 radical (unpaired) electrons. The van der Waals surface area contributed by atoms with Crippen LogP contribution in [-0.4, -0.2) is 25.6 Å². The molecule has 1 aliphatic rings. The van der Waals surface area contributed by atoms with Gasteiger partial charge < -0.3 is 14.6 Å². The third-order valence-electron chi connectivity index (χ3n) is 2.98. The number of aliphatic hydroxyl groups is 1. The molecule has 17 heavy (non-hydrogen) atoms. The summed E-state index contributed by atoms with van der Waals surface area (Å²) in [5.74, 6) is 0.402. The first-order valence-corrected chi connectivity index (χ1v) is 6.51. The second kappa shape index (κ2) is 4.38. The van der Waals surface area contributed by atoms with Gasteiger partial charge in [0, 0.05) is 5.56 Å². The zero-order valence-electron chi connectivity index (χ0n) is 10.0. The van der Waals surface area contributed by atoms with Gasteiger partial charge in [-0.3, -0.25) is 0 Å². The highest BCUT2D eigenvalue weighted by Crippen LogP contribution is 2.53. The number of halogens is 1. The molecule has 0 heterocycles. The molecule has 0 amide bonds. The molecular weight excluding hydrogens is 243 g/mol. The van der Waals surface area contributed by atoms with E-state index in [9.17, 15) is 9.50 Å². The highest BCUT2D eigenvalue weighted by Gasteiger charge is 2.46. The molecule has 1 aliphatic carbocycles. The predicted molar refractivity (Wildman–Crippen MR) is 64.4 cm³/mol. The Morgan fingerprint density at radius 2 is 1.88 bits per heavy atom. The van der Waals surface area contributed by atoms with Crippen molar-refractivity contribution in [2.24, 2.45) is 0 Å². The Labute approximate surface area is 104 Å². The van der Waals surface area contributed by atoms with Gasteiger partial charge in [0.05, 0.1) is 24.7 Å². The summed E-state index contributed by atoms with van der Waals surface area (Å²) < 4.78 is 24.4. The van der Waals surface area contributed by atoms with Crippen molar-refractivity contribution >= 4 is 11.8 Å². The number of methoxy groups -OCH3 is 2. The van der Waals surface area contributed by atoms with Gasteiger partial charge in [0.25, 0.3) is 0 Å². The Bertz CT molecular complexity index is 444. The molecule has 5 heteroatoms. The van der Waals surface area contributed by atoms with Crippen molar-refractivity contribution in [3.63, 3.8) is 0 Å². The van der Waals surface area contributed by atoms with Gasteiger partial charge in [-0.15, -0.1) is 11.8 Å². The zero-order valence-corrected chi connectivity index (χ0v) is 10.9. The van der Waals surface area contributed by atoms with E-state index in [0.29, 0.717) is 34.8 Å². The average Bonchev–Trinajstić information content (AvgIpc) is 3.06. The minimum atomic E-state index is -0.948. The molecule has 3 nitrogen and oxygen atoms in total. The lowest BCUT2D eigenvalue weighted by Crippen LogP contribution is -2.09. The summed E-state index contributed by atoms with van der Waals surface area (Å²) in [7, 11) is 2.97. The molecule has 0 unspecified atom stereocenters. The summed E-state index contributed by atoms with van der Waals surface area (Å²) in [6.45, 7) is 0. The van der Waals surface area contributed by atoms with Crippen LogP contribution in [0.25, 0.3) is 0 Å². The van der Waals surface area contributed by atoms with Gasteiger partial charge in [-0.1, -0.05) is 0 Å². The number of hydrogen-bond donors (Lipinski definition) is 1. The molecule has 1 aromatic carbocycles. The van der Waals surface area contributed by atoms with Crippen LogP contribution in [0.3, 0.4) is 0 Å². The lowest BCUT2D eigenvalue weighted by Gasteiger charge is -2.19. The van der Waals surface area contributed by atoms with E-state index in [1.165, 1.54) is 32.0 Å². The van der Waals surface area contributed by atoms with Crippen molar-refractivity contribution in [2.75, 3.05) is 20.5 Å². The summed E-state index contributed by atoms with van der Waals surface area (Å²) in [4.78, 5) is 0.400. The molecule has 1 N–H and O–H groups in total. The first-order valence-electron chi connectivity index (χ1n) is 5.28. The number of thioether (sulfide) groups is 1. The molecule has 1 saturated carbocycles. The maximum absolute atomic E-state index is 13.9. The monoisotopic (exact) mass is 258 g/mol. The van der Waals surface area contributed by atoms with Crippen LogP contribution in [0, 0.1) is 5.82 Å². The maximum Gasteiger partial charge on any atom is 0.177 e. The van der Waals surface area contributed by atoms with Crippen molar-refractivity contribution in [1.29, 1.82) is 0 Å². The van der Waals surface area contributed by atoms with Crippen LogP contribution in [0.2, 0.25) is 0 Å². The van der Waals surface area contributed by atoms with Crippen LogP contribution < -0.4 is 9.47 Å². The molecule has 0 aliphatic heterocycles. The lowest BCUT2D eigenvalue weighted by molar-refractivity contribution is 0.145. The molecule has 2 rings (SSSR count). The van der Waals surface area contributed by atoms with E-state index < -0.39 is 5.60 Å². The quantitative estimate of drug-likeness (QED) is 0.842. The fourth-order valence-corrected chi connectivity index (χ4v) is 2.52. The highest BCUT2D eigenvalue weighted by atomic mass is 32.2. The Kier molecular flexibility index (Phi) is 3.23. The summed E-state index contributed by atoms with van der Waals surface area (Å²) in [5.41, 5.74) is -0.469. The fourth-order valence-electron chi connectivity index (χ4n) is 1.90. The lowest BCUT2D eigenvalue weighted by atomic mass is 10.1. The van der Waals surface area contributed by atoms with E-state index in [1.807, 2.05) is 0 Å². The van der Waals surface area contributed by atoms with Gasteiger partial charge in [-0.2, -0.15) is 0 Å². The molecule has 0 atom stereocenters. The van der Waals surface area contributed by atoms with E-state index in [2.05, 4.69) is 0 Å². The van der Waals surface area contributed by atoms with Crippen LogP contribution >= 0.6 is 11.8 Å². The van der Waals surface area contributed by atoms with Gasteiger partial charge in [0.15, 0.2) is 11.5 Å². The summed E-state index contributed by atoms with van der Waals surface area (Å²) in [5, 5.41) is 10.1. The number of rotatable bonds is 4. The fraction of sp³-hybridized carbons (Fsp3) is 0.500. The predicted octanol–water partition coefficient (Wildman–Crippen LogP) is 2.55. The number of ether oxygens (including phenoxy) is 2. The van der Waals surface area contributed by atoms with E-state index in [0.717, 1.165) is 0 Å². The first kappa shape index (κ1) is 12.5. The molecular formula is C12H15FO3S. The van der Waals surface area contributed by atoms with Crippen molar-refractivity contribution in [3.05, 3.63) is 17.4 Å². The van der Waals surface area contributed by atoms with Gasteiger partial charge in [-0.05, 0) is 25.2 Å². The molecule has 0 saturated heterocycles. The first-order chi connectivity index (χ1) is 8.07. The SMILES string of the molecule is COc1c(C2(O)CC2)cc(F)c(SC)c1OC.